The van der Waals surface area contributed by atoms with Gasteiger partial charge in [0.05, 0.1) is 96.6 Å². The highest BCUT2D eigenvalue weighted by Gasteiger charge is 2.80. The minimum Gasteiger partial charge on any atom is -0.399 e. The average molecular weight is 1540 g/mol. The van der Waals surface area contributed by atoms with Crippen molar-refractivity contribution in [1.29, 1.82) is 0 Å². The molecule has 2 unspecified atom stereocenters. The fraction of sp³-hybridized carbons (Fsp3) is 0.753. The first-order valence-electron chi connectivity index (χ1n) is 37.8. The van der Waals surface area contributed by atoms with Gasteiger partial charge >= 0.3 is 6.03 Å². The van der Waals surface area contributed by atoms with Crippen LogP contribution in [0.3, 0.4) is 0 Å². The number of nitrogens with zero attached hydrogens (tertiary/aromatic N) is 1. The molecular weight excluding hydrogens is 1420 g/mol. The summed E-state index contributed by atoms with van der Waals surface area (Å²) in [6.45, 7) is 7.96. The van der Waals surface area contributed by atoms with Gasteiger partial charge in [0.15, 0.2) is 35.4 Å². The van der Waals surface area contributed by atoms with Crippen molar-refractivity contribution in [1.82, 2.24) is 42.1 Å². The van der Waals surface area contributed by atoms with E-state index < -0.39 is 205 Å². The number of aliphatic hydroxyl groups excluding tert-OH is 5. The molecule has 5 aliphatic carbocycles. The first-order chi connectivity index (χ1) is 51.4. The zero-order chi connectivity index (χ0) is 78.7. The van der Waals surface area contributed by atoms with Crippen LogP contribution in [-0.2, 0) is 81.0 Å². The summed E-state index contributed by atoms with van der Waals surface area (Å²) in [4.78, 5) is 135. The smallest absolute Gasteiger partial charge is 0.312 e. The molecule has 108 heavy (non-hydrogen) atoms. The van der Waals surface area contributed by atoms with E-state index in [4.69, 9.17) is 49.4 Å². The van der Waals surface area contributed by atoms with Gasteiger partial charge in [0.25, 0.3) is 11.8 Å². The Morgan fingerprint density at radius 3 is 2.06 bits per heavy atom. The summed E-state index contributed by atoms with van der Waals surface area (Å²) in [5, 5.41) is 72.3. The van der Waals surface area contributed by atoms with Crippen LogP contribution in [0.15, 0.2) is 47.3 Å². The van der Waals surface area contributed by atoms with Crippen LogP contribution >= 0.6 is 0 Å². The number of carbonyl (C=O) groups excluding carboxylic acids is 10. The second kappa shape index (κ2) is 39.8. The molecule has 606 valence electrons. The number of hydrogen-bond donors (Lipinski definition) is 14. The number of fused-ring (bicyclic) bond motifs is 7. The number of primary amides is 1. The second-order valence-corrected chi connectivity index (χ2v) is 29.7. The number of hydrogen-bond acceptors (Lipinski definition) is 25. The number of nitrogens with one attached hydrogen (secondary N) is 7. The summed E-state index contributed by atoms with van der Waals surface area (Å²) < 4.78 is 81.6. The summed E-state index contributed by atoms with van der Waals surface area (Å²) in [6.07, 6.45) is -3.87. The van der Waals surface area contributed by atoms with Crippen LogP contribution in [0.4, 0.5) is 13.6 Å². The molecule has 3 aliphatic heterocycles. The number of ether oxygens (including phenoxy) is 8. The van der Waals surface area contributed by atoms with Gasteiger partial charge in [0, 0.05) is 54.1 Å². The van der Waals surface area contributed by atoms with Crippen molar-refractivity contribution in [2.24, 2.45) is 40.1 Å². The van der Waals surface area contributed by atoms with E-state index in [1.807, 2.05) is 6.92 Å². The maximum Gasteiger partial charge on any atom is 0.312 e. The van der Waals surface area contributed by atoms with Gasteiger partial charge in [0.1, 0.15) is 55.3 Å². The van der Waals surface area contributed by atoms with Crippen molar-refractivity contribution in [3.05, 3.63) is 47.3 Å². The molecule has 0 radical (unpaired) electrons. The highest BCUT2D eigenvalue weighted by atomic mass is 19.1. The molecule has 0 bridgehead atoms. The second-order valence-electron chi connectivity index (χ2n) is 29.7. The lowest BCUT2D eigenvalue weighted by Gasteiger charge is -2.63. The topological polar surface area (TPSA) is 485 Å². The van der Waals surface area contributed by atoms with Crippen molar-refractivity contribution >= 4 is 58.9 Å². The minimum atomic E-state index is -2.47. The van der Waals surface area contributed by atoms with Crippen molar-refractivity contribution < 1.29 is 120 Å². The molecule has 2 saturated heterocycles. The highest BCUT2D eigenvalue weighted by molar-refractivity contribution is 6.13. The van der Waals surface area contributed by atoms with Crippen LogP contribution < -0.4 is 48.7 Å². The summed E-state index contributed by atoms with van der Waals surface area (Å²) in [5.41, 5.74) is 5.10. The molecular formula is C73H112F2N10O23. The molecule has 35 heteroatoms. The molecule has 8 aliphatic rings. The molecule has 3 saturated carbocycles. The summed E-state index contributed by atoms with van der Waals surface area (Å²) in [6, 6.07) is -4.92. The summed E-state index contributed by atoms with van der Waals surface area (Å²) in [7, 11) is 0. The van der Waals surface area contributed by atoms with Gasteiger partial charge in [-0.3, -0.25) is 48.1 Å². The maximum absolute atomic E-state index is 18.2. The number of rotatable bonds is 42. The Hall–Kier alpha value is -7.00. The van der Waals surface area contributed by atoms with Gasteiger partial charge < -0.3 is 112 Å². The van der Waals surface area contributed by atoms with E-state index in [9.17, 15) is 68.7 Å². The Balaban J connectivity index is 0.883. The number of urea groups is 1. The highest BCUT2D eigenvalue weighted by Crippen LogP contribution is 2.72. The number of carbonyl (C=O) groups is 10. The standard InChI is InChI=1S/C73H112F2N10O23/c1-6-13-59-107-54-36-43-44-35-46(74)45-34-42(87)20-22-70(45,4)72(44,75)52(88)37-71(43,5)73(54,108-59)53(89)38-80-65(97)48(16-12-24-79-69(77)100)82-67(99)61(41(2)3)84-66(98)49(81-55(90)21-26-101-28-30-103-32-33-104-31-29-102-27-25-85-57(92)18-19-58(85)93)15-10-11-23-78-56(91)40-105-50-17-9-7-8-14-47(60(50)76)83-68-64(96)63(95)62(94)51(39-86)106-68/h18-20,22,34,41,43-44,46,48-52,54,59,61-64,68,83,86,88,94-96H,6-17,21,23-33,35-40,76H2,1-5H3,(H,78,91)(H,80,97)(H,81,90)(H,82,99)(H,84,98)(H3,77,79,100)/b60-47-/t43-,44-,46-,48-,49+,50?,51+,52-,54+,59?,61-,62-,63-,64+,68+,70-,71-,72-,73+/m0/s1. The summed E-state index contributed by atoms with van der Waals surface area (Å²) in [5.74, 6) is -8.20. The number of Topliss-reactive ketones (excluding diaryl/α,β-unsaturated/α-hetero) is 1. The predicted octanol–water partition coefficient (Wildman–Crippen LogP) is -0.983. The third-order valence-corrected chi connectivity index (χ3v) is 22.2. The lowest BCUT2D eigenvalue weighted by Crippen LogP contribution is -2.71. The van der Waals surface area contributed by atoms with Gasteiger partial charge in [-0.2, -0.15) is 0 Å². The molecule has 19 atom stereocenters. The maximum atomic E-state index is 18.2. The zero-order valence-corrected chi connectivity index (χ0v) is 62.3. The lowest BCUT2D eigenvalue weighted by molar-refractivity contribution is -0.234. The molecule has 0 spiro atoms. The number of amides is 9. The number of aliphatic hydroxyl groups is 5. The van der Waals surface area contributed by atoms with Crippen LogP contribution in [0.5, 0.6) is 0 Å². The van der Waals surface area contributed by atoms with Crippen LogP contribution in [-0.4, -0.2) is 272 Å². The SMILES string of the molecule is CCCC1O[C@@H]2C[C@H]3[C@@H]4C[C@H](F)C5=CC(=O)C=C[C@]5(C)[C@@]4(F)[C@@H](O)C[C@]3(C)[C@]2(C(=O)CNC(=O)[C@H](CCCNC(N)=O)NC(=O)[C@@H](NC(=O)[C@@H](CCCCNC(=O)COC2CCCCC/C(N[C@@H]3O[C@H](CO)[C@H](O)[C@H](O)[C@H]3O)=C\2N)NC(=O)CCOCCOCCOCCOCCN2C(=O)C=CC2=O)C(C)C)O1. The number of ketones is 2. The number of alkyl halides is 2. The van der Waals surface area contributed by atoms with Crippen molar-refractivity contribution in [3.8, 4) is 0 Å². The van der Waals surface area contributed by atoms with E-state index in [-0.39, 0.29) is 135 Å². The average Bonchev–Trinajstić information content (AvgIpc) is 1.42. The Kier molecular flexibility index (Phi) is 31.9. The molecule has 0 aromatic carbocycles. The molecule has 33 nitrogen and oxygen atoms in total. The molecule has 3 heterocycles. The Bertz CT molecular complexity index is 3280. The molecule has 0 aromatic rings. The van der Waals surface area contributed by atoms with Crippen molar-refractivity contribution in [2.75, 3.05) is 92.2 Å². The number of halogens is 2. The van der Waals surface area contributed by atoms with Crippen LogP contribution in [0.1, 0.15) is 137 Å². The van der Waals surface area contributed by atoms with Gasteiger partial charge in [-0.15, -0.1) is 0 Å². The first kappa shape index (κ1) is 86.6. The number of allylic oxidation sites excluding steroid dienone is 5. The van der Waals surface area contributed by atoms with Crippen molar-refractivity contribution in [3.63, 3.8) is 0 Å². The predicted molar refractivity (Wildman–Crippen MR) is 378 cm³/mol. The summed E-state index contributed by atoms with van der Waals surface area (Å²) >= 11 is 0. The monoisotopic (exact) mass is 1530 g/mol. The van der Waals surface area contributed by atoms with E-state index >= 15 is 13.6 Å². The van der Waals surface area contributed by atoms with Gasteiger partial charge in [-0.25, -0.2) is 13.6 Å². The van der Waals surface area contributed by atoms with E-state index in [0.29, 0.717) is 44.2 Å². The van der Waals surface area contributed by atoms with E-state index in [0.717, 1.165) is 17.4 Å². The third kappa shape index (κ3) is 20.6. The molecule has 0 aromatic heterocycles. The molecule has 8 rings (SSSR count). The molecule has 9 amide bonds. The largest absolute Gasteiger partial charge is 0.399 e. The molecule has 16 N–H and O–H groups in total. The van der Waals surface area contributed by atoms with Crippen LogP contribution in [0, 0.1) is 28.6 Å². The Morgan fingerprint density at radius 2 is 1.40 bits per heavy atom. The van der Waals surface area contributed by atoms with Gasteiger partial charge in [-0.1, -0.05) is 53.0 Å². The first-order valence-corrected chi connectivity index (χ1v) is 37.8. The Labute approximate surface area is 626 Å². The fourth-order valence-corrected chi connectivity index (χ4v) is 16.4. The van der Waals surface area contributed by atoms with Crippen LogP contribution in [0.25, 0.3) is 0 Å². The fourth-order valence-electron chi connectivity index (χ4n) is 16.4. The van der Waals surface area contributed by atoms with E-state index in [1.54, 1.807) is 20.8 Å². The lowest BCUT2D eigenvalue weighted by atomic mass is 9.44. The number of unbranched alkanes of at least 4 members (excludes halogenated alkanes) is 1. The zero-order valence-electron chi connectivity index (χ0n) is 62.3. The third-order valence-electron chi connectivity index (χ3n) is 22.2. The van der Waals surface area contributed by atoms with Crippen LogP contribution in [0.2, 0.25) is 0 Å². The van der Waals surface area contributed by atoms with Gasteiger partial charge in [0.2, 0.25) is 29.5 Å². The quantitative estimate of drug-likeness (QED) is 0.0258. The van der Waals surface area contributed by atoms with Crippen molar-refractivity contribution in [2.45, 2.75) is 228 Å². The van der Waals surface area contributed by atoms with E-state index in [1.165, 1.54) is 31.2 Å². The normalized spacial score (nSPS) is 32.3. The van der Waals surface area contributed by atoms with E-state index in [2.05, 4.69) is 37.2 Å². The Morgan fingerprint density at radius 1 is 0.741 bits per heavy atom. The number of nitrogens with two attached hydrogens (primary N) is 2. The number of imide groups is 1. The molecule has 5 fully saturated rings. The van der Waals surface area contributed by atoms with Gasteiger partial charge in [-0.05, 0) is 114 Å². The minimum absolute atomic E-state index is 0.00492.